The third-order valence-corrected chi connectivity index (χ3v) is 8.13. The Labute approximate surface area is 257 Å². The highest BCUT2D eigenvalue weighted by Crippen LogP contribution is 2.39. The molecule has 1 saturated carbocycles. The lowest BCUT2D eigenvalue weighted by Gasteiger charge is -2.39. The van der Waals surface area contributed by atoms with Gasteiger partial charge in [-0.15, -0.1) is 0 Å². The standard InChI is InChI=1S/C34H51NO8/c1-37-17-5-15-35-16-20-41-31-14-11-27(21-30(31)35)23-42-32-7-4-8-33(43-25-29(36)24-39-3)34(32)28-12-9-26(10-13-28)22-40-19-6-18-38-2/h9-14,21,29,32-34,36H,4-8,15-20,22-25H2,1-3H3/t29-,32-,33+,34+/m0/s1. The van der Waals surface area contributed by atoms with E-state index in [0.717, 1.165) is 74.4 Å². The lowest BCUT2D eigenvalue weighted by atomic mass is 9.79. The van der Waals surface area contributed by atoms with Gasteiger partial charge in [0.05, 0.1) is 50.9 Å². The van der Waals surface area contributed by atoms with Crippen molar-refractivity contribution in [1.82, 2.24) is 0 Å². The number of aliphatic hydroxyl groups is 1. The van der Waals surface area contributed by atoms with Crippen molar-refractivity contribution in [3.05, 3.63) is 59.2 Å². The van der Waals surface area contributed by atoms with Crippen LogP contribution in [0.25, 0.3) is 0 Å². The fourth-order valence-corrected chi connectivity index (χ4v) is 5.97. The number of hydrogen-bond acceptors (Lipinski definition) is 9. The summed E-state index contributed by atoms with van der Waals surface area (Å²) in [5, 5.41) is 10.3. The Balaban J connectivity index is 1.45. The van der Waals surface area contributed by atoms with E-state index in [1.54, 1.807) is 21.3 Å². The molecule has 1 N–H and O–H groups in total. The first-order valence-electron chi connectivity index (χ1n) is 15.7. The monoisotopic (exact) mass is 601 g/mol. The number of aliphatic hydroxyl groups excluding tert-OH is 1. The number of ether oxygens (including phenoxy) is 7. The molecule has 1 fully saturated rings. The molecule has 9 nitrogen and oxygen atoms in total. The third-order valence-electron chi connectivity index (χ3n) is 8.13. The highest BCUT2D eigenvalue weighted by atomic mass is 16.5. The van der Waals surface area contributed by atoms with Crippen molar-refractivity contribution in [3.8, 4) is 5.75 Å². The van der Waals surface area contributed by atoms with Crippen LogP contribution in [0.5, 0.6) is 5.75 Å². The number of methoxy groups -OCH3 is 3. The van der Waals surface area contributed by atoms with Crippen molar-refractivity contribution >= 4 is 5.69 Å². The second-order valence-corrected chi connectivity index (χ2v) is 11.4. The SMILES string of the molecule is COCCCOCc1ccc([C@@H]2[C@@H](OCc3ccc4c(c3)N(CCCOC)CCO4)CCC[C@H]2OC[C@@H](O)COC)cc1. The highest BCUT2D eigenvalue weighted by molar-refractivity contribution is 5.61. The van der Waals surface area contributed by atoms with Crippen LogP contribution in [0.1, 0.15) is 54.7 Å². The van der Waals surface area contributed by atoms with Gasteiger partial charge in [0.2, 0.25) is 0 Å². The molecule has 240 valence electrons. The van der Waals surface area contributed by atoms with E-state index in [1.165, 1.54) is 5.56 Å². The molecular formula is C34H51NO8. The molecule has 1 heterocycles. The summed E-state index contributed by atoms with van der Waals surface area (Å²) >= 11 is 0. The maximum atomic E-state index is 10.3. The minimum absolute atomic E-state index is 0.0143. The molecule has 2 aromatic rings. The normalized spacial score (nSPS) is 20.9. The number of benzene rings is 2. The molecule has 0 unspecified atom stereocenters. The van der Waals surface area contributed by atoms with Gasteiger partial charge in [-0.25, -0.2) is 0 Å². The lowest BCUT2D eigenvalue weighted by Crippen LogP contribution is -2.39. The zero-order valence-electron chi connectivity index (χ0n) is 26.2. The van der Waals surface area contributed by atoms with Crippen LogP contribution in [-0.4, -0.2) is 97.5 Å². The summed E-state index contributed by atoms with van der Waals surface area (Å²) in [5.41, 5.74) is 4.56. The number of rotatable bonds is 19. The largest absolute Gasteiger partial charge is 0.490 e. The van der Waals surface area contributed by atoms with E-state index in [9.17, 15) is 5.11 Å². The molecule has 2 aliphatic rings. The quantitative estimate of drug-likeness (QED) is 0.230. The van der Waals surface area contributed by atoms with Crippen molar-refractivity contribution in [2.75, 3.05) is 79.0 Å². The van der Waals surface area contributed by atoms with Gasteiger partial charge in [0, 0.05) is 53.6 Å². The Bertz CT molecular complexity index is 1050. The van der Waals surface area contributed by atoms with Gasteiger partial charge in [0.15, 0.2) is 0 Å². The first-order valence-corrected chi connectivity index (χ1v) is 15.7. The van der Waals surface area contributed by atoms with Crippen molar-refractivity contribution in [3.63, 3.8) is 0 Å². The molecule has 1 aliphatic heterocycles. The zero-order valence-corrected chi connectivity index (χ0v) is 26.2. The van der Waals surface area contributed by atoms with Gasteiger partial charge < -0.3 is 43.2 Å². The maximum Gasteiger partial charge on any atom is 0.142 e. The molecule has 0 spiro atoms. The van der Waals surface area contributed by atoms with E-state index in [0.29, 0.717) is 33.0 Å². The average Bonchev–Trinajstić information content (AvgIpc) is 3.03. The minimum atomic E-state index is -0.658. The van der Waals surface area contributed by atoms with Gasteiger partial charge in [-0.1, -0.05) is 30.3 Å². The molecule has 9 heteroatoms. The molecule has 0 bridgehead atoms. The highest BCUT2D eigenvalue weighted by Gasteiger charge is 2.36. The Morgan fingerprint density at radius 3 is 2.35 bits per heavy atom. The van der Waals surface area contributed by atoms with Crippen LogP contribution < -0.4 is 9.64 Å². The van der Waals surface area contributed by atoms with Crippen LogP contribution in [0.4, 0.5) is 5.69 Å². The second kappa shape index (κ2) is 18.5. The van der Waals surface area contributed by atoms with E-state index in [-0.39, 0.29) is 31.3 Å². The second-order valence-electron chi connectivity index (χ2n) is 11.4. The summed E-state index contributed by atoms with van der Waals surface area (Å²) in [6.45, 7) is 6.18. The first kappa shape index (κ1) is 33.6. The molecule has 4 atom stereocenters. The van der Waals surface area contributed by atoms with Crippen molar-refractivity contribution in [1.29, 1.82) is 0 Å². The van der Waals surface area contributed by atoms with Crippen LogP contribution in [0.2, 0.25) is 0 Å². The van der Waals surface area contributed by atoms with Gasteiger partial charge >= 0.3 is 0 Å². The van der Waals surface area contributed by atoms with Gasteiger partial charge in [0.25, 0.3) is 0 Å². The molecule has 4 rings (SSSR count). The summed E-state index contributed by atoms with van der Waals surface area (Å²) in [7, 11) is 5.04. The zero-order chi connectivity index (χ0) is 30.3. The Morgan fingerprint density at radius 2 is 1.58 bits per heavy atom. The summed E-state index contributed by atoms with van der Waals surface area (Å²) in [6.07, 6.45) is 3.99. The predicted octanol–water partition coefficient (Wildman–Crippen LogP) is 4.72. The molecule has 0 amide bonds. The number of nitrogens with zero attached hydrogens (tertiary/aromatic N) is 1. The van der Waals surface area contributed by atoms with Crippen LogP contribution in [-0.2, 0) is 41.6 Å². The fraction of sp³-hybridized carbons (Fsp3) is 0.647. The van der Waals surface area contributed by atoms with Crippen LogP contribution in [0.3, 0.4) is 0 Å². The predicted molar refractivity (Wildman–Crippen MR) is 166 cm³/mol. The maximum absolute atomic E-state index is 10.3. The first-order chi connectivity index (χ1) is 21.1. The van der Waals surface area contributed by atoms with E-state index in [2.05, 4.69) is 47.4 Å². The van der Waals surface area contributed by atoms with Gasteiger partial charge in [-0.2, -0.15) is 0 Å². The van der Waals surface area contributed by atoms with E-state index in [1.807, 2.05) is 0 Å². The smallest absolute Gasteiger partial charge is 0.142 e. The molecule has 0 aromatic heterocycles. The van der Waals surface area contributed by atoms with Crippen molar-refractivity contribution in [2.24, 2.45) is 0 Å². The van der Waals surface area contributed by atoms with Crippen molar-refractivity contribution in [2.45, 2.75) is 69.5 Å². The Kier molecular flexibility index (Phi) is 14.5. The summed E-state index contributed by atoms with van der Waals surface area (Å²) in [5.74, 6) is 0.973. The molecule has 1 aliphatic carbocycles. The number of fused-ring (bicyclic) bond motifs is 1. The minimum Gasteiger partial charge on any atom is -0.490 e. The van der Waals surface area contributed by atoms with Gasteiger partial charge in [-0.05, 0) is 60.9 Å². The molecule has 0 radical (unpaired) electrons. The average molecular weight is 602 g/mol. The Morgan fingerprint density at radius 1 is 0.837 bits per heavy atom. The fourth-order valence-electron chi connectivity index (χ4n) is 5.97. The van der Waals surface area contributed by atoms with E-state index >= 15 is 0 Å². The van der Waals surface area contributed by atoms with Gasteiger partial charge in [-0.3, -0.25) is 0 Å². The summed E-state index contributed by atoms with van der Waals surface area (Å²) in [4.78, 5) is 2.38. The van der Waals surface area contributed by atoms with Crippen LogP contribution in [0, 0.1) is 0 Å². The number of anilines is 1. The number of hydrogen-bond donors (Lipinski definition) is 1. The van der Waals surface area contributed by atoms with E-state index < -0.39 is 6.10 Å². The third kappa shape index (κ3) is 10.4. The molecule has 2 aromatic carbocycles. The summed E-state index contributed by atoms with van der Waals surface area (Å²) < 4.78 is 40.3. The van der Waals surface area contributed by atoms with Crippen LogP contribution in [0.15, 0.2) is 42.5 Å². The Hall–Kier alpha value is -2.24. The molecular weight excluding hydrogens is 550 g/mol. The van der Waals surface area contributed by atoms with Crippen molar-refractivity contribution < 1.29 is 38.3 Å². The van der Waals surface area contributed by atoms with E-state index in [4.69, 9.17) is 33.2 Å². The van der Waals surface area contributed by atoms with Gasteiger partial charge in [0.1, 0.15) is 18.5 Å². The topological polar surface area (TPSA) is 88.1 Å². The van der Waals surface area contributed by atoms with Crippen LogP contribution >= 0.6 is 0 Å². The molecule has 0 saturated heterocycles. The molecule has 43 heavy (non-hydrogen) atoms. The lowest BCUT2D eigenvalue weighted by molar-refractivity contribution is -0.0928. The summed E-state index contributed by atoms with van der Waals surface area (Å²) in [6, 6.07) is 15.0.